The summed E-state index contributed by atoms with van der Waals surface area (Å²) in [5.74, 6) is -0.317. The molecule has 1 aliphatic heterocycles. The molecule has 2 amide bonds. The molecule has 6 nitrogen and oxygen atoms in total. The van der Waals surface area contributed by atoms with Crippen LogP contribution in [0.4, 0.5) is 5.69 Å². The summed E-state index contributed by atoms with van der Waals surface area (Å²) in [5.41, 5.74) is 2.25. The van der Waals surface area contributed by atoms with E-state index in [0.717, 1.165) is 30.5 Å². The standard InChI is InChI=1S/C19H23N3O3/c1-3-4-7-16-12-21(15-8-5-6-14(2)11-15)18(23)13-22(16)19(24)17-9-10-25-20-17/h5-6,8-11,16H,3-4,7,12-13H2,1-2H3. The molecule has 0 radical (unpaired) electrons. The van der Waals surface area contributed by atoms with Crippen molar-refractivity contribution in [3.05, 3.63) is 47.9 Å². The summed E-state index contributed by atoms with van der Waals surface area (Å²) >= 11 is 0. The van der Waals surface area contributed by atoms with Crippen molar-refractivity contribution in [3.8, 4) is 0 Å². The summed E-state index contributed by atoms with van der Waals surface area (Å²) < 4.78 is 4.78. The van der Waals surface area contributed by atoms with Crippen molar-refractivity contribution in [2.45, 2.75) is 39.2 Å². The first kappa shape index (κ1) is 17.2. The number of rotatable bonds is 5. The van der Waals surface area contributed by atoms with Crippen molar-refractivity contribution in [1.82, 2.24) is 10.1 Å². The fraction of sp³-hybridized carbons (Fsp3) is 0.421. The SMILES string of the molecule is CCCCC1CN(c2cccc(C)c2)C(=O)CN1C(=O)c1ccon1. The van der Waals surface area contributed by atoms with E-state index in [1.54, 1.807) is 9.80 Å². The lowest BCUT2D eigenvalue weighted by Crippen LogP contribution is -2.58. The number of nitrogens with zero attached hydrogens (tertiary/aromatic N) is 3. The Morgan fingerprint density at radius 3 is 2.88 bits per heavy atom. The maximum atomic E-state index is 12.7. The largest absolute Gasteiger partial charge is 0.364 e. The van der Waals surface area contributed by atoms with Gasteiger partial charge in [0.2, 0.25) is 5.91 Å². The molecule has 25 heavy (non-hydrogen) atoms. The molecule has 3 rings (SSSR count). The normalized spacial score (nSPS) is 17.8. The summed E-state index contributed by atoms with van der Waals surface area (Å²) in [6.45, 7) is 4.70. The average Bonchev–Trinajstić information content (AvgIpc) is 3.14. The quantitative estimate of drug-likeness (QED) is 0.838. The minimum Gasteiger partial charge on any atom is -0.364 e. The van der Waals surface area contributed by atoms with E-state index in [1.807, 2.05) is 31.2 Å². The number of piperazine rings is 1. The van der Waals surface area contributed by atoms with Crippen LogP contribution in [0.25, 0.3) is 0 Å². The van der Waals surface area contributed by atoms with Gasteiger partial charge in [-0.15, -0.1) is 0 Å². The Balaban J connectivity index is 1.84. The summed E-state index contributed by atoms with van der Waals surface area (Å²) in [4.78, 5) is 28.8. The van der Waals surface area contributed by atoms with E-state index in [-0.39, 0.29) is 30.1 Å². The van der Waals surface area contributed by atoms with E-state index in [4.69, 9.17) is 4.52 Å². The molecule has 132 valence electrons. The highest BCUT2D eigenvalue weighted by molar-refractivity contribution is 6.01. The smallest absolute Gasteiger partial charge is 0.276 e. The number of benzene rings is 1. The zero-order chi connectivity index (χ0) is 17.8. The van der Waals surface area contributed by atoms with E-state index in [9.17, 15) is 9.59 Å². The Bertz CT molecular complexity index is 742. The lowest BCUT2D eigenvalue weighted by Gasteiger charge is -2.41. The molecule has 1 aliphatic rings. The lowest BCUT2D eigenvalue weighted by atomic mass is 10.0. The maximum absolute atomic E-state index is 12.7. The summed E-state index contributed by atoms with van der Waals surface area (Å²) in [7, 11) is 0. The van der Waals surface area contributed by atoms with Crippen LogP contribution in [-0.4, -0.2) is 41.0 Å². The van der Waals surface area contributed by atoms with E-state index < -0.39 is 0 Å². The van der Waals surface area contributed by atoms with Gasteiger partial charge < -0.3 is 14.3 Å². The molecule has 1 saturated heterocycles. The summed E-state index contributed by atoms with van der Waals surface area (Å²) in [6.07, 6.45) is 4.28. The van der Waals surface area contributed by atoms with Crippen LogP contribution in [-0.2, 0) is 4.79 Å². The Kier molecular flexibility index (Phi) is 5.16. The Morgan fingerprint density at radius 1 is 1.36 bits per heavy atom. The van der Waals surface area contributed by atoms with Gasteiger partial charge in [-0.25, -0.2) is 0 Å². The van der Waals surface area contributed by atoms with Gasteiger partial charge in [0.1, 0.15) is 12.8 Å². The molecule has 0 N–H and O–H groups in total. The number of amides is 2. The molecule has 1 fully saturated rings. The molecule has 1 atom stereocenters. The number of hydrogen-bond acceptors (Lipinski definition) is 4. The molecule has 1 unspecified atom stereocenters. The van der Waals surface area contributed by atoms with E-state index in [1.165, 1.54) is 12.3 Å². The van der Waals surface area contributed by atoms with Crippen LogP contribution in [0.3, 0.4) is 0 Å². The highest BCUT2D eigenvalue weighted by Gasteiger charge is 2.36. The predicted molar refractivity (Wildman–Crippen MR) is 94.4 cm³/mol. The first-order valence-electron chi connectivity index (χ1n) is 8.68. The molecule has 2 aromatic rings. The number of aryl methyl sites for hydroxylation is 1. The van der Waals surface area contributed by atoms with Gasteiger partial charge in [0.05, 0.1) is 6.04 Å². The van der Waals surface area contributed by atoms with Crippen LogP contribution in [0.15, 0.2) is 41.1 Å². The van der Waals surface area contributed by atoms with Gasteiger partial charge in [-0.3, -0.25) is 9.59 Å². The zero-order valence-electron chi connectivity index (χ0n) is 14.6. The predicted octanol–water partition coefficient (Wildman–Crippen LogP) is 3.03. The van der Waals surface area contributed by atoms with Gasteiger partial charge >= 0.3 is 0 Å². The second-order valence-corrected chi connectivity index (χ2v) is 6.46. The maximum Gasteiger partial charge on any atom is 0.276 e. The molecule has 0 bridgehead atoms. The third-order valence-corrected chi connectivity index (χ3v) is 4.56. The minimum absolute atomic E-state index is 0.0256. The van der Waals surface area contributed by atoms with Crippen LogP contribution in [0.1, 0.15) is 42.2 Å². The van der Waals surface area contributed by atoms with Crippen molar-refractivity contribution in [1.29, 1.82) is 0 Å². The van der Waals surface area contributed by atoms with Crippen molar-refractivity contribution >= 4 is 17.5 Å². The van der Waals surface area contributed by atoms with Crippen molar-refractivity contribution in [2.24, 2.45) is 0 Å². The first-order valence-corrected chi connectivity index (χ1v) is 8.68. The van der Waals surface area contributed by atoms with Gasteiger partial charge in [-0.2, -0.15) is 0 Å². The number of hydrogen-bond donors (Lipinski definition) is 0. The number of carbonyl (C=O) groups is 2. The Hall–Kier alpha value is -2.63. The van der Waals surface area contributed by atoms with Gasteiger partial charge in [-0.05, 0) is 31.0 Å². The van der Waals surface area contributed by atoms with Gasteiger partial charge in [-0.1, -0.05) is 37.1 Å². The number of unbranched alkanes of at least 4 members (excludes halogenated alkanes) is 1. The first-order chi connectivity index (χ1) is 12.1. The molecule has 6 heteroatoms. The second kappa shape index (κ2) is 7.51. The van der Waals surface area contributed by atoms with Crippen molar-refractivity contribution in [2.75, 3.05) is 18.0 Å². The number of anilines is 1. The van der Waals surface area contributed by atoms with E-state index >= 15 is 0 Å². The van der Waals surface area contributed by atoms with Gasteiger partial charge in [0.15, 0.2) is 5.69 Å². The van der Waals surface area contributed by atoms with Crippen LogP contribution in [0.2, 0.25) is 0 Å². The van der Waals surface area contributed by atoms with Crippen molar-refractivity contribution < 1.29 is 14.1 Å². The van der Waals surface area contributed by atoms with E-state index in [0.29, 0.717) is 6.54 Å². The van der Waals surface area contributed by atoms with Crippen LogP contribution >= 0.6 is 0 Å². The topological polar surface area (TPSA) is 66.7 Å². The molecule has 1 aromatic carbocycles. The Morgan fingerprint density at radius 2 is 2.20 bits per heavy atom. The third-order valence-electron chi connectivity index (χ3n) is 4.56. The molecule has 0 spiro atoms. The lowest BCUT2D eigenvalue weighted by molar-refractivity contribution is -0.121. The minimum atomic E-state index is -0.243. The fourth-order valence-electron chi connectivity index (χ4n) is 3.21. The van der Waals surface area contributed by atoms with Crippen molar-refractivity contribution in [3.63, 3.8) is 0 Å². The fourth-order valence-corrected chi connectivity index (χ4v) is 3.21. The van der Waals surface area contributed by atoms with E-state index in [2.05, 4.69) is 12.1 Å². The zero-order valence-corrected chi connectivity index (χ0v) is 14.6. The number of aromatic nitrogens is 1. The highest BCUT2D eigenvalue weighted by atomic mass is 16.5. The van der Waals surface area contributed by atoms with Gasteiger partial charge in [0, 0.05) is 18.3 Å². The molecule has 1 aromatic heterocycles. The molecule has 2 heterocycles. The highest BCUT2D eigenvalue weighted by Crippen LogP contribution is 2.24. The third kappa shape index (κ3) is 3.73. The Labute approximate surface area is 147 Å². The average molecular weight is 341 g/mol. The molecular weight excluding hydrogens is 318 g/mol. The van der Waals surface area contributed by atoms with Crippen LogP contribution in [0, 0.1) is 6.92 Å². The van der Waals surface area contributed by atoms with Crippen LogP contribution in [0.5, 0.6) is 0 Å². The monoisotopic (exact) mass is 341 g/mol. The second-order valence-electron chi connectivity index (χ2n) is 6.46. The number of carbonyl (C=O) groups excluding carboxylic acids is 2. The van der Waals surface area contributed by atoms with Gasteiger partial charge in [0.25, 0.3) is 5.91 Å². The molecule has 0 aliphatic carbocycles. The molecular formula is C19H23N3O3. The summed E-state index contributed by atoms with van der Waals surface area (Å²) in [5, 5.41) is 3.73. The summed E-state index contributed by atoms with van der Waals surface area (Å²) in [6, 6.07) is 9.42. The van der Waals surface area contributed by atoms with Crippen LogP contribution < -0.4 is 4.90 Å². The molecule has 0 saturated carbocycles.